The van der Waals surface area contributed by atoms with Crippen LogP contribution in [0.1, 0.15) is 87.5 Å². The first kappa shape index (κ1) is 39.0. The summed E-state index contributed by atoms with van der Waals surface area (Å²) < 4.78 is 61.6. The molecule has 6 aliphatic heterocycles. The Balaban J connectivity index is 0.814. The SMILES string of the molecule is CC1(C)O[C@@H]2[C@H](O1)[C@H](CC(=S)NCCCCNCCCNC(=S)C[C@@H]1O[C@H]([C@@H]3COC(C)(C)O3)[C@@H]3OC(C)(C)O[C@@H]31)O[C@@H]2[C@@H]1COC(C)(C)O1. The van der Waals surface area contributed by atoms with Crippen LogP contribution in [0.15, 0.2) is 0 Å². The van der Waals surface area contributed by atoms with Crippen molar-refractivity contribution in [3.05, 3.63) is 0 Å². The fourth-order valence-corrected chi connectivity index (χ4v) is 8.32. The highest BCUT2D eigenvalue weighted by molar-refractivity contribution is 7.80. The van der Waals surface area contributed by atoms with Gasteiger partial charge in [0.25, 0.3) is 0 Å². The summed E-state index contributed by atoms with van der Waals surface area (Å²) in [6, 6.07) is 0. The molecule has 6 heterocycles. The predicted molar refractivity (Wildman–Crippen MR) is 192 cm³/mol. The summed E-state index contributed by atoms with van der Waals surface area (Å²) in [7, 11) is 0. The molecule has 286 valence electrons. The fraction of sp³-hybridized carbons (Fsp3) is 0.943. The summed E-state index contributed by atoms with van der Waals surface area (Å²) >= 11 is 11.4. The van der Waals surface area contributed by atoms with Crippen LogP contribution in [0.4, 0.5) is 0 Å². The summed E-state index contributed by atoms with van der Waals surface area (Å²) in [6.07, 6.45) is 1.96. The molecule has 6 saturated heterocycles. The zero-order valence-corrected chi connectivity index (χ0v) is 32.6. The van der Waals surface area contributed by atoms with Crippen LogP contribution in [0, 0.1) is 0 Å². The summed E-state index contributed by atoms with van der Waals surface area (Å²) in [6.45, 7) is 19.8. The van der Waals surface area contributed by atoms with Gasteiger partial charge in [-0.05, 0) is 87.7 Å². The number of hydrogen-bond donors (Lipinski definition) is 3. The first-order chi connectivity index (χ1) is 23.5. The zero-order valence-electron chi connectivity index (χ0n) is 31.0. The third-order valence-corrected chi connectivity index (χ3v) is 10.5. The molecule has 0 aromatic rings. The molecule has 0 radical (unpaired) electrons. The van der Waals surface area contributed by atoms with Gasteiger partial charge in [0.05, 0.1) is 35.4 Å². The Hall–Kier alpha value is -0.660. The van der Waals surface area contributed by atoms with E-state index in [4.69, 9.17) is 71.8 Å². The van der Waals surface area contributed by atoms with E-state index in [1.165, 1.54) is 0 Å². The van der Waals surface area contributed by atoms with Gasteiger partial charge in [0.15, 0.2) is 23.1 Å². The van der Waals surface area contributed by atoms with Crippen LogP contribution in [0.25, 0.3) is 0 Å². The van der Waals surface area contributed by atoms with Gasteiger partial charge < -0.3 is 63.3 Å². The second-order valence-electron chi connectivity index (χ2n) is 16.1. The van der Waals surface area contributed by atoms with E-state index in [-0.39, 0.29) is 61.0 Å². The van der Waals surface area contributed by atoms with E-state index in [9.17, 15) is 0 Å². The largest absolute Gasteiger partial charge is 0.380 e. The van der Waals surface area contributed by atoms with E-state index < -0.39 is 23.1 Å². The Morgan fingerprint density at radius 3 is 1.34 bits per heavy atom. The molecular weight excluding hydrogens is 687 g/mol. The van der Waals surface area contributed by atoms with E-state index >= 15 is 0 Å². The average molecular weight is 746 g/mol. The van der Waals surface area contributed by atoms with Crippen molar-refractivity contribution in [3.63, 3.8) is 0 Å². The Labute approximate surface area is 308 Å². The minimum atomic E-state index is -0.678. The van der Waals surface area contributed by atoms with Gasteiger partial charge in [-0.25, -0.2) is 0 Å². The molecule has 0 bridgehead atoms. The Kier molecular flexibility index (Phi) is 12.2. The van der Waals surface area contributed by atoms with E-state index in [1.54, 1.807) is 0 Å². The maximum absolute atomic E-state index is 6.43. The standard InChI is InChI=1S/C35H59N3O10S2/c1-32(2)39-18-22(43-32)26-30-28(45-34(5,6)47-30)20(41-26)16-24(49)37-14-10-9-12-36-13-11-15-38-25(50)17-21-29-31(48-35(7,8)46-29)27(42-21)23-19-40-33(3,4)44-23/h20-23,26-31,36H,9-19H2,1-8H3,(H,37,49)(H,38,50)/t20-,21-,22-,23-,26+,27+,28+,29+,30-,31-/m0/s1. The van der Waals surface area contributed by atoms with Crippen molar-refractivity contribution < 1.29 is 47.4 Å². The van der Waals surface area contributed by atoms with Gasteiger partial charge in [0.2, 0.25) is 0 Å². The molecule has 6 fully saturated rings. The number of rotatable bonds is 15. The highest BCUT2D eigenvalue weighted by Crippen LogP contribution is 2.44. The van der Waals surface area contributed by atoms with Crippen molar-refractivity contribution in [2.45, 2.75) is 172 Å². The van der Waals surface area contributed by atoms with Gasteiger partial charge in [-0.2, -0.15) is 0 Å². The Morgan fingerprint density at radius 1 is 0.500 bits per heavy atom. The minimum absolute atomic E-state index is 0.200. The topological polar surface area (TPSA) is 128 Å². The highest BCUT2D eigenvalue weighted by Gasteiger charge is 2.60. The fourth-order valence-electron chi connectivity index (χ4n) is 7.79. The molecule has 3 N–H and O–H groups in total. The molecular formula is C35H59N3O10S2. The number of unbranched alkanes of at least 4 members (excludes halogenated alkanes) is 1. The third kappa shape index (κ3) is 9.71. The normalized spacial score (nSPS) is 39.0. The van der Waals surface area contributed by atoms with E-state index in [2.05, 4.69) is 16.0 Å². The number of ether oxygens (including phenoxy) is 10. The summed E-state index contributed by atoms with van der Waals surface area (Å²) in [5.41, 5.74) is 0. The van der Waals surface area contributed by atoms with Crippen molar-refractivity contribution in [1.82, 2.24) is 16.0 Å². The Bertz CT molecular complexity index is 1120. The average Bonchev–Trinajstić information content (AvgIpc) is 3.83. The summed E-state index contributed by atoms with van der Waals surface area (Å²) in [5.74, 6) is -2.62. The van der Waals surface area contributed by atoms with Gasteiger partial charge >= 0.3 is 0 Å². The number of hydrogen-bond acceptors (Lipinski definition) is 13. The molecule has 10 atom stereocenters. The van der Waals surface area contributed by atoms with Gasteiger partial charge in [-0.3, -0.25) is 0 Å². The second-order valence-corrected chi connectivity index (χ2v) is 17.0. The van der Waals surface area contributed by atoms with Gasteiger partial charge in [0.1, 0.15) is 48.8 Å². The molecule has 6 aliphatic rings. The van der Waals surface area contributed by atoms with Crippen molar-refractivity contribution in [3.8, 4) is 0 Å². The molecule has 50 heavy (non-hydrogen) atoms. The molecule has 0 aliphatic carbocycles. The molecule has 0 saturated carbocycles. The van der Waals surface area contributed by atoms with Crippen LogP contribution in [0.5, 0.6) is 0 Å². The van der Waals surface area contributed by atoms with Gasteiger partial charge in [-0.1, -0.05) is 24.4 Å². The Morgan fingerprint density at radius 2 is 0.900 bits per heavy atom. The maximum Gasteiger partial charge on any atom is 0.164 e. The van der Waals surface area contributed by atoms with Crippen molar-refractivity contribution in [1.29, 1.82) is 0 Å². The first-order valence-electron chi connectivity index (χ1n) is 18.4. The molecule has 0 aromatic heterocycles. The molecule has 6 rings (SSSR count). The predicted octanol–water partition coefficient (Wildman–Crippen LogP) is 3.24. The van der Waals surface area contributed by atoms with Crippen LogP contribution in [-0.4, -0.2) is 134 Å². The lowest BCUT2D eigenvalue weighted by Gasteiger charge is -2.27. The zero-order chi connectivity index (χ0) is 35.9. The van der Waals surface area contributed by atoms with Crippen LogP contribution in [-0.2, 0) is 47.4 Å². The molecule has 13 nitrogen and oxygen atoms in total. The van der Waals surface area contributed by atoms with Crippen molar-refractivity contribution in [2.75, 3.05) is 39.4 Å². The number of fused-ring (bicyclic) bond motifs is 2. The van der Waals surface area contributed by atoms with Crippen molar-refractivity contribution >= 4 is 34.4 Å². The van der Waals surface area contributed by atoms with Crippen LogP contribution < -0.4 is 16.0 Å². The quantitative estimate of drug-likeness (QED) is 0.168. The number of thiocarbonyl (C=S) groups is 2. The lowest BCUT2D eigenvalue weighted by Crippen LogP contribution is -2.40. The molecule has 0 aromatic carbocycles. The minimum Gasteiger partial charge on any atom is -0.380 e. The number of nitrogens with one attached hydrogen (secondary N) is 3. The van der Waals surface area contributed by atoms with Crippen molar-refractivity contribution in [2.24, 2.45) is 0 Å². The molecule has 0 amide bonds. The van der Waals surface area contributed by atoms with Crippen LogP contribution >= 0.6 is 24.4 Å². The summed E-state index contributed by atoms with van der Waals surface area (Å²) in [4.78, 5) is 1.54. The highest BCUT2D eigenvalue weighted by atomic mass is 32.1. The first-order valence-corrected chi connectivity index (χ1v) is 19.2. The lowest BCUT2D eigenvalue weighted by molar-refractivity contribution is -0.206. The third-order valence-electron chi connectivity index (χ3n) is 9.89. The smallest absolute Gasteiger partial charge is 0.164 e. The van der Waals surface area contributed by atoms with Crippen LogP contribution in [0.3, 0.4) is 0 Å². The van der Waals surface area contributed by atoms with E-state index in [0.717, 1.165) is 55.4 Å². The van der Waals surface area contributed by atoms with Gasteiger partial charge in [-0.15, -0.1) is 0 Å². The molecule has 0 spiro atoms. The maximum atomic E-state index is 6.43. The van der Waals surface area contributed by atoms with Gasteiger partial charge in [0, 0.05) is 25.9 Å². The molecule has 0 unspecified atom stereocenters. The monoisotopic (exact) mass is 745 g/mol. The lowest BCUT2D eigenvalue weighted by atomic mass is 10.0. The summed E-state index contributed by atoms with van der Waals surface area (Å²) in [5, 5.41) is 10.3. The molecule has 15 heteroatoms. The second kappa shape index (κ2) is 15.6. The van der Waals surface area contributed by atoms with E-state index in [0.29, 0.717) is 26.1 Å². The van der Waals surface area contributed by atoms with E-state index in [1.807, 2.05) is 55.4 Å². The van der Waals surface area contributed by atoms with Crippen LogP contribution in [0.2, 0.25) is 0 Å².